The molecule has 1 aliphatic carbocycles. The number of pyridine rings is 1. The average Bonchev–Trinajstić information content (AvgIpc) is 3.50. The van der Waals surface area contributed by atoms with E-state index in [4.69, 9.17) is 9.47 Å². The Balaban J connectivity index is 1.27. The first kappa shape index (κ1) is 29.5. The lowest BCUT2D eigenvalue weighted by atomic mass is 9.74. The van der Waals surface area contributed by atoms with Gasteiger partial charge in [0.2, 0.25) is 0 Å². The fourth-order valence-corrected chi connectivity index (χ4v) is 7.95. The Labute approximate surface area is 241 Å². The summed E-state index contributed by atoms with van der Waals surface area (Å²) >= 11 is 2.08. The fourth-order valence-electron chi connectivity index (χ4n) is 6.58. The largest absolute Gasteiger partial charge is 0.497 e. The van der Waals surface area contributed by atoms with Crippen molar-refractivity contribution in [1.82, 2.24) is 14.8 Å². The van der Waals surface area contributed by atoms with Crippen molar-refractivity contribution in [3.05, 3.63) is 35.5 Å². The summed E-state index contributed by atoms with van der Waals surface area (Å²) in [5, 5.41) is 11.9. The quantitative estimate of drug-likeness (QED) is 0.346. The van der Waals surface area contributed by atoms with Crippen molar-refractivity contribution >= 4 is 28.6 Å². The molecule has 0 amide bonds. The first-order valence-corrected chi connectivity index (χ1v) is 16.0. The number of carbonyl (C=O) groups is 1. The molecule has 1 aromatic heterocycles. The van der Waals surface area contributed by atoms with Crippen LogP contribution in [0.15, 0.2) is 24.4 Å². The van der Waals surface area contributed by atoms with E-state index in [0.717, 1.165) is 60.2 Å². The van der Waals surface area contributed by atoms with Crippen molar-refractivity contribution in [2.75, 3.05) is 58.8 Å². The monoisotopic (exact) mass is 573 g/mol. The number of morpholine rings is 1. The second-order valence-electron chi connectivity index (χ2n) is 11.7. The van der Waals surface area contributed by atoms with Crippen molar-refractivity contribution in [1.29, 1.82) is 0 Å². The van der Waals surface area contributed by atoms with Crippen molar-refractivity contribution < 1.29 is 23.8 Å². The number of piperidine rings is 1. The number of benzene rings is 1. The van der Waals surface area contributed by atoms with Crippen molar-refractivity contribution in [3.8, 4) is 5.75 Å². The Hall–Kier alpha value is -1.94. The van der Waals surface area contributed by atoms with Gasteiger partial charge in [-0.2, -0.15) is 11.8 Å². The van der Waals surface area contributed by atoms with Gasteiger partial charge in [-0.1, -0.05) is 12.8 Å². The topological polar surface area (TPSA) is 75.1 Å². The van der Waals surface area contributed by atoms with Crippen molar-refractivity contribution in [2.45, 2.75) is 69.3 Å². The van der Waals surface area contributed by atoms with Crippen LogP contribution in [-0.2, 0) is 16.1 Å². The lowest BCUT2D eigenvalue weighted by Crippen LogP contribution is -2.45. The molecule has 0 bridgehead atoms. The minimum Gasteiger partial charge on any atom is -0.497 e. The second kappa shape index (κ2) is 13.8. The van der Waals surface area contributed by atoms with Gasteiger partial charge in [-0.25, -0.2) is 4.39 Å². The number of carboxylic acids is 1. The van der Waals surface area contributed by atoms with E-state index in [1.807, 2.05) is 18.2 Å². The SMILES string of the molecule is COc1ccc2ncc(CN3CCOCC3)c(C(F)CCC3(C(=O)O)CCN(CCSC4CCCC4)CC3)c2c1. The Kier molecular flexibility index (Phi) is 10.2. The third-order valence-electron chi connectivity index (χ3n) is 9.22. The minimum absolute atomic E-state index is 0.177. The highest BCUT2D eigenvalue weighted by Gasteiger charge is 2.42. The molecule has 1 aromatic carbocycles. The van der Waals surface area contributed by atoms with E-state index in [-0.39, 0.29) is 6.42 Å². The number of aromatic nitrogens is 1. The molecule has 2 aromatic rings. The van der Waals surface area contributed by atoms with Gasteiger partial charge in [0.25, 0.3) is 0 Å². The number of alkyl halides is 1. The van der Waals surface area contributed by atoms with Crippen LogP contribution in [0.25, 0.3) is 10.9 Å². The molecule has 5 rings (SSSR count). The first-order chi connectivity index (χ1) is 19.5. The molecular weight excluding hydrogens is 529 g/mol. The number of halogens is 1. The van der Waals surface area contributed by atoms with Gasteiger partial charge in [0.1, 0.15) is 11.9 Å². The van der Waals surface area contributed by atoms with E-state index < -0.39 is 17.6 Å². The van der Waals surface area contributed by atoms with Gasteiger partial charge in [-0.3, -0.25) is 14.7 Å². The number of thioether (sulfide) groups is 1. The number of methoxy groups -OCH3 is 1. The highest BCUT2D eigenvalue weighted by molar-refractivity contribution is 7.99. The van der Waals surface area contributed by atoms with Crippen molar-refractivity contribution in [3.63, 3.8) is 0 Å². The molecule has 0 spiro atoms. The van der Waals surface area contributed by atoms with Gasteiger partial charge in [-0.05, 0) is 75.4 Å². The highest BCUT2D eigenvalue weighted by Crippen LogP contribution is 2.42. The smallest absolute Gasteiger partial charge is 0.309 e. The molecule has 3 aliphatic rings. The normalized spacial score (nSPS) is 21.6. The Morgan fingerprint density at radius 2 is 1.95 bits per heavy atom. The van der Waals surface area contributed by atoms with E-state index in [9.17, 15) is 9.90 Å². The van der Waals surface area contributed by atoms with Gasteiger partial charge >= 0.3 is 5.97 Å². The summed E-state index contributed by atoms with van der Waals surface area (Å²) in [5.74, 6) is 0.989. The Morgan fingerprint density at radius 3 is 2.65 bits per heavy atom. The van der Waals surface area contributed by atoms with E-state index in [0.29, 0.717) is 50.3 Å². The molecule has 3 heterocycles. The summed E-state index contributed by atoms with van der Waals surface area (Å²) in [6.45, 7) is 6.07. The molecule has 2 saturated heterocycles. The van der Waals surface area contributed by atoms with Gasteiger partial charge < -0.3 is 19.5 Å². The van der Waals surface area contributed by atoms with Crippen LogP contribution in [0, 0.1) is 5.41 Å². The molecule has 0 radical (unpaired) electrons. The maximum absolute atomic E-state index is 16.4. The maximum atomic E-state index is 16.4. The molecule has 9 heteroatoms. The summed E-state index contributed by atoms with van der Waals surface area (Å²) in [6, 6.07) is 5.57. The summed E-state index contributed by atoms with van der Waals surface area (Å²) in [5.41, 5.74) is 1.33. The number of aliphatic carboxylic acids is 1. The molecule has 2 aliphatic heterocycles. The zero-order valence-electron chi connectivity index (χ0n) is 23.8. The van der Waals surface area contributed by atoms with Crippen LogP contribution in [0.3, 0.4) is 0 Å². The predicted molar refractivity (Wildman–Crippen MR) is 158 cm³/mol. The molecule has 1 atom stereocenters. The number of fused-ring (bicyclic) bond motifs is 1. The number of hydrogen-bond donors (Lipinski definition) is 1. The zero-order valence-corrected chi connectivity index (χ0v) is 24.6. The van der Waals surface area contributed by atoms with Crippen LogP contribution in [-0.4, -0.2) is 89.9 Å². The Morgan fingerprint density at radius 1 is 1.20 bits per heavy atom. The van der Waals surface area contributed by atoms with Crippen LogP contribution in [0.2, 0.25) is 0 Å². The molecule has 1 saturated carbocycles. The third-order valence-corrected chi connectivity index (χ3v) is 10.6. The molecule has 40 heavy (non-hydrogen) atoms. The average molecular weight is 574 g/mol. The van der Waals surface area contributed by atoms with Crippen LogP contribution in [0.1, 0.15) is 68.7 Å². The number of hydrogen-bond acceptors (Lipinski definition) is 7. The highest BCUT2D eigenvalue weighted by atomic mass is 32.2. The van der Waals surface area contributed by atoms with E-state index in [1.165, 1.54) is 25.7 Å². The fraction of sp³-hybridized carbons (Fsp3) is 0.677. The molecule has 1 N–H and O–H groups in total. The zero-order chi connectivity index (χ0) is 28.0. The first-order valence-electron chi connectivity index (χ1n) is 14.9. The van der Waals surface area contributed by atoms with Crippen molar-refractivity contribution in [2.24, 2.45) is 5.41 Å². The third kappa shape index (κ3) is 7.09. The number of ether oxygens (including phenoxy) is 2. The van der Waals surface area contributed by atoms with E-state index in [2.05, 4.69) is 26.5 Å². The standard InChI is InChI=1S/C31H44FN3O4S/c1-38-24-6-7-28-26(20-24)29(23(21-33-28)22-35-14-17-39-18-15-35)27(32)8-9-31(30(36)37)10-12-34(13-11-31)16-19-40-25-4-2-3-5-25/h6-7,20-21,25,27H,2-5,8-19,22H2,1H3,(H,36,37). The molecule has 1 unspecified atom stereocenters. The summed E-state index contributed by atoms with van der Waals surface area (Å²) in [4.78, 5) is 21.9. The minimum atomic E-state index is -1.29. The van der Waals surface area contributed by atoms with Crippen LogP contribution in [0.4, 0.5) is 4.39 Å². The predicted octanol–water partition coefficient (Wildman–Crippen LogP) is 5.71. The Bertz CT molecular complexity index is 1130. The van der Waals surface area contributed by atoms with E-state index >= 15 is 4.39 Å². The molecule has 220 valence electrons. The molecular formula is C31H44FN3O4S. The maximum Gasteiger partial charge on any atom is 0.309 e. The van der Waals surface area contributed by atoms with Crippen LogP contribution in [0.5, 0.6) is 5.75 Å². The number of rotatable bonds is 12. The van der Waals surface area contributed by atoms with Gasteiger partial charge in [0.05, 0.1) is 31.3 Å². The molecule has 7 nitrogen and oxygen atoms in total. The van der Waals surface area contributed by atoms with Crippen LogP contribution < -0.4 is 4.74 Å². The van der Waals surface area contributed by atoms with Gasteiger partial charge in [0.15, 0.2) is 0 Å². The number of carboxylic acid groups (broad SMARTS) is 1. The second-order valence-corrected chi connectivity index (χ2v) is 13.1. The lowest BCUT2D eigenvalue weighted by Gasteiger charge is -2.39. The molecule has 3 fully saturated rings. The summed E-state index contributed by atoms with van der Waals surface area (Å²) in [6.07, 6.45) is 7.56. The summed E-state index contributed by atoms with van der Waals surface area (Å²) in [7, 11) is 1.61. The summed E-state index contributed by atoms with van der Waals surface area (Å²) < 4.78 is 27.3. The lowest BCUT2D eigenvalue weighted by molar-refractivity contribution is -0.153. The van der Waals surface area contributed by atoms with E-state index in [1.54, 1.807) is 13.3 Å². The van der Waals surface area contributed by atoms with Gasteiger partial charge in [0, 0.05) is 54.3 Å². The van der Waals surface area contributed by atoms with Crippen LogP contribution >= 0.6 is 11.8 Å². The number of nitrogens with zero attached hydrogens (tertiary/aromatic N) is 3. The number of likely N-dealkylation sites (tertiary alicyclic amines) is 1. The van der Waals surface area contributed by atoms with Gasteiger partial charge in [-0.15, -0.1) is 0 Å².